The fourth-order valence-corrected chi connectivity index (χ4v) is 2.09. The van der Waals surface area contributed by atoms with Crippen LogP contribution in [0, 0.1) is 5.92 Å². The Morgan fingerprint density at radius 2 is 1.84 bits per heavy atom. The van der Waals surface area contributed by atoms with Gasteiger partial charge in [-0.15, -0.1) is 0 Å². The van der Waals surface area contributed by atoms with Crippen LogP contribution < -0.4 is 0 Å². The lowest BCUT2D eigenvalue weighted by atomic mass is 10.0. The van der Waals surface area contributed by atoms with Crippen molar-refractivity contribution < 1.29 is 9.90 Å². The van der Waals surface area contributed by atoms with E-state index in [1.807, 2.05) is 6.07 Å². The molecule has 2 unspecified atom stereocenters. The summed E-state index contributed by atoms with van der Waals surface area (Å²) in [5.74, 6) is -0.920. The summed E-state index contributed by atoms with van der Waals surface area (Å²) < 4.78 is 0. The first-order chi connectivity index (χ1) is 9.00. The Bertz CT molecular complexity index is 378. The van der Waals surface area contributed by atoms with E-state index in [0.29, 0.717) is 6.04 Å². The molecule has 0 saturated carbocycles. The number of hydrogen-bond donors (Lipinski definition) is 1. The summed E-state index contributed by atoms with van der Waals surface area (Å²) in [5.41, 5.74) is 1.32. The lowest BCUT2D eigenvalue weighted by molar-refractivity contribution is -0.141. The molecule has 0 aromatic heterocycles. The number of carboxylic acids is 1. The minimum Gasteiger partial charge on any atom is -0.481 e. The van der Waals surface area contributed by atoms with Crippen molar-refractivity contribution in [1.82, 2.24) is 4.90 Å². The highest BCUT2D eigenvalue weighted by Crippen LogP contribution is 2.14. The average molecular weight is 263 g/mol. The van der Waals surface area contributed by atoms with Gasteiger partial charge in [-0.2, -0.15) is 0 Å². The number of aliphatic carboxylic acids is 1. The van der Waals surface area contributed by atoms with Crippen molar-refractivity contribution in [2.45, 2.75) is 45.7 Å². The predicted octanol–water partition coefficient (Wildman–Crippen LogP) is 3.40. The third kappa shape index (κ3) is 5.88. The summed E-state index contributed by atoms with van der Waals surface area (Å²) in [4.78, 5) is 13.1. The van der Waals surface area contributed by atoms with Gasteiger partial charge in [0.25, 0.3) is 0 Å². The molecule has 2 atom stereocenters. The highest BCUT2D eigenvalue weighted by Gasteiger charge is 2.13. The average Bonchev–Trinajstić information content (AvgIpc) is 2.39. The SMILES string of the molecule is CC(CCCC(C)N(C)Cc1ccccc1)C(=O)O. The number of carboxylic acid groups (broad SMARTS) is 1. The first kappa shape index (κ1) is 15.7. The molecule has 1 aromatic rings. The van der Waals surface area contributed by atoms with Crippen LogP contribution in [0.5, 0.6) is 0 Å². The maximum atomic E-state index is 10.7. The van der Waals surface area contributed by atoms with E-state index in [1.54, 1.807) is 6.92 Å². The molecule has 0 saturated heterocycles. The van der Waals surface area contributed by atoms with Gasteiger partial charge in [-0.3, -0.25) is 9.69 Å². The topological polar surface area (TPSA) is 40.5 Å². The Morgan fingerprint density at radius 1 is 1.21 bits per heavy atom. The van der Waals surface area contributed by atoms with Crippen molar-refractivity contribution in [2.24, 2.45) is 5.92 Å². The number of carbonyl (C=O) groups is 1. The van der Waals surface area contributed by atoms with E-state index in [0.717, 1.165) is 25.8 Å². The summed E-state index contributed by atoms with van der Waals surface area (Å²) in [5, 5.41) is 8.84. The van der Waals surface area contributed by atoms with Gasteiger partial charge in [-0.1, -0.05) is 43.7 Å². The molecule has 0 amide bonds. The van der Waals surface area contributed by atoms with E-state index in [2.05, 4.69) is 43.1 Å². The van der Waals surface area contributed by atoms with Crippen molar-refractivity contribution in [1.29, 1.82) is 0 Å². The Balaban J connectivity index is 2.29. The molecular weight excluding hydrogens is 238 g/mol. The van der Waals surface area contributed by atoms with Crippen LogP contribution >= 0.6 is 0 Å². The van der Waals surface area contributed by atoms with Crippen molar-refractivity contribution in [3.05, 3.63) is 35.9 Å². The third-order valence-electron chi connectivity index (χ3n) is 3.71. The summed E-state index contributed by atoms with van der Waals surface area (Å²) in [6.45, 7) is 4.92. The van der Waals surface area contributed by atoms with E-state index < -0.39 is 5.97 Å². The zero-order valence-corrected chi connectivity index (χ0v) is 12.2. The molecule has 0 aliphatic carbocycles. The van der Waals surface area contributed by atoms with E-state index in [1.165, 1.54) is 5.56 Å². The zero-order valence-electron chi connectivity index (χ0n) is 12.2. The minimum absolute atomic E-state index is 0.230. The summed E-state index contributed by atoms with van der Waals surface area (Å²) in [6.07, 6.45) is 2.77. The van der Waals surface area contributed by atoms with Crippen LogP contribution in [0.4, 0.5) is 0 Å². The maximum absolute atomic E-state index is 10.7. The van der Waals surface area contributed by atoms with Gasteiger partial charge in [-0.25, -0.2) is 0 Å². The molecule has 0 fully saturated rings. The Kier molecular flexibility index (Phi) is 6.57. The molecule has 1 N–H and O–H groups in total. The van der Waals surface area contributed by atoms with Crippen LogP contribution in [0.3, 0.4) is 0 Å². The molecule has 0 spiro atoms. The molecule has 0 radical (unpaired) electrons. The highest BCUT2D eigenvalue weighted by molar-refractivity contribution is 5.69. The molecular formula is C16H25NO2. The van der Waals surface area contributed by atoms with Crippen LogP contribution in [-0.2, 0) is 11.3 Å². The smallest absolute Gasteiger partial charge is 0.306 e. The van der Waals surface area contributed by atoms with Crippen LogP contribution in [0.25, 0.3) is 0 Å². The fraction of sp³-hybridized carbons (Fsp3) is 0.562. The lowest BCUT2D eigenvalue weighted by Gasteiger charge is -2.25. The number of rotatable bonds is 8. The molecule has 0 bridgehead atoms. The second-order valence-corrected chi connectivity index (χ2v) is 5.42. The van der Waals surface area contributed by atoms with Crippen molar-refractivity contribution >= 4 is 5.97 Å². The van der Waals surface area contributed by atoms with Gasteiger partial charge in [0, 0.05) is 12.6 Å². The largest absolute Gasteiger partial charge is 0.481 e. The van der Waals surface area contributed by atoms with Crippen molar-refractivity contribution in [3.63, 3.8) is 0 Å². The second-order valence-electron chi connectivity index (χ2n) is 5.42. The second kappa shape index (κ2) is 7.95. The molecule has 3 heteroatoms. The van der Waals surface area contributed by atoms with Gasteiger partial charge in [0.1, 0.15) is 0 Å². The van der Waals surface area contributed by atoms with E-state index >= 15 is 0 Å². The Morgan fingerprint density at radius 3 is 2.42 bits per heavy atom. The van der Waals surface area contributed by atoms with Gasteiger partial charge < -0.3 is 5.11 Å². The normalized spacial score (nSPS) is 14.3. The zero-order chi connectivity index (χ0) is 14.3. The monoisotopic (exact) mass is 263 g/mol. The van der Waals surface area contributed by atoms with Crippen molar-refractivity contribution in [3.8, 4) is 0 Å². The molecule has 1 rings (SSSR count). The molecule has 0 heterocycles. The molecule has 19 heavy (non-hydrogen) atoms. The van der Waals surface area contributed by atoms with Crippen LogP contribution in [0.15, 0.2) is 30.3 Å². The predicted molar refractivity (Wildman–Crippen MR) is 78.0 cm³/mol. The molecule has 106 valence electrons. The third-order valence-corrected chi connectivity index (χ3v) is 3.71. The van der Waals surface area contributed by atoms with Crippen LogP contribution in [0.1, 0.15) is 38.7 Å². The summed E-state index contributed by atoms with van der Waals surface area (Å²) in [6, 6.07) is 10.9. The van der Waals surface area contributed by atoms with Gasteiger partial charge >= 0.3 is 5.97 Å². The molecule has 0 aliphatic heterocycles. The summed E-state index contributed by atoms with van der Waals surface area (Å²) >= 11 is 0. The van der Waals surface area contributed by atoms with Crippen molar-refractivity contribution in [2.75, 3.05) is 7.05 Å². The fourth-order valence-electron chi connectivity index (χ4n) is 2.09. The quantitative estimate of drug-likeness (QED) is 0.781. The van der Waals surface area contributed by atoms with Gasteiger partial charge in [0.2, 0.25) is 0 Å². The first-order valence-electron chi connectivity index (χ1n) is 6.97. The van der Waals surface area contributed by atoms with E-state index in [-0.39, 0.29) is 5.92 Å². The molecule has 3 nitrogen and oxygen atoms in total. The summed E-state index contributed by atoms with van der Waals surface area (Å²) in [7, 11) is 2.12. The van der Waals surface area contributed by atoms with Crippen LogP contribution in [-0.4, -0.2) is 29.1 Å². The van der Waals surface area contributed by atoms with Gasteiger partial charge in [0.15, 0.2) is 0 Å². The van der Waals surface area contributed by atoms with Crippen LogP contribution in [0.2, 0.25) is 0 Å². The Hall–Kier alpha value is -1.35. The molecule has 1 aromatic carbocycles. The minimum atomic E-state index is -0.690. The number of hydrogen-bond acceptors (Lipinski definition) is 2. The van der Waals surface area contributed by atoms with E-state index in [9.17, 15) is 4.79 Å². The number of benzene rings is 1. The van der Waals surface area contributed by atoms with Gasteiger partial charge in [0.05, 0.1) is 5.92 Å². The van der Waals surface area contributed by atoms with Gasteiger partial charge in [-0.05, 0) is 32.4 Å². The first-order valence-corrected chi connectivity index (χ1v) is 6.97. The number of nitrogens with zero attached hydrogens (tertiary/aromatic N) is 1. The maximum Gasteiger partial charge on any atom is 0.306 e. The highest BCUT2D eigenvalue weighted by atomic mass is 16.4. The lowest BCUT2D eigenvalue weighted by Crippen LogP contribution is -2.28. The standard InChI is InChI=1S/C16H25NO2/c1-13(16(18)19)8-7-9-14(2)17(3)12-15-10-5-4-6-11-15/h4-6,10-11,13-14H,7-9,12H2,1-3H3,(H,18,19). The Labute approximate surface area is 116 Å². The molecule has 0 aliphatic rings. The van der Waals surface area contributed by atoms with E-state index in [4.69, 9.17) is 5.11 Å².